The highest BCUT2D eigenvalue weighted by molar-refractivity contribution is 5.44. The van der Waals surface area contributed by atoms with E-state index in [2.05, 4.69) is 0 Å². The van der Waals surface area contributed by atoms with Crippen LogP contribution in [0.4, 0.5) is 0 Å². The molecule has 0 saturated heterocycles. The number of nitrogens with zero attached hydrogens (tertiary/aromatic N) is 1. The fourth-order valence-corrected chi connectivity index (χ4v) is 2.83. The van der Waals surface area contributed by atoms with Crippen molar-refractivity contribution in [2.75, 3.05) is 14.2 Å². The van der Waals surface area contributed by atoms with E-state index < -0.39 is 12.1 Å². The Morgan fingerprint density at radius 3 is 2.55 bits per heavy atom. The second kappa shape index (κ2) is 6.09. The molecular weight excluding hydrogens is 262 g/mol. The normalized spacial score (nSPS) is 26.1. The van der Waals surface area contributed by atoms with E-state index >= 15 is 0 Å². The Labute approximate surface area is 117 Å². The maximum Gasteiger partial charge on any atom is 0.220 e. The van der Waals surface area contributed by atoms with Crippen molar-refractivity contribution in [2.24, 2.45) is 0 Å². The number of nitro groups is 1. The van der Waals surface area contributed by atoms with Crippen molar-refractivity contribution in [1.82, 2.24) is 0 Å². The van der Waals surface area contributed by atoms with Gasteiger partial charge in [0.15, 0.2) is 11.5 Å². The van der Waals surface area contributed by atoms with E-state index in [0.29, 0.717) is 30.8 Å². The number of hydrogen-bond donors (Lipinski definition) is 1. The number of aliphatic hydroxyl groups excluding tert-OH is 1. The minimum absolute atomic E-state index is 0.243. The summed E-state index contributed by atoms with van der Waals surface area (Å²) in [4.78, 5) is 10.9. The van der Waals surface area contributed by atoms with Crippen LogP contribution in [0.25, 0.3) is 0 Å². The predicted molar refractivity (Wildman–Crippen MR) is 72.9 cm³/mol. The SMILES string of the molecule is COc1ccc(C2CC(O)CCC2[N+](=O)[O-])cc1OC. The zero-order chi connectivity index (χ0) is 14.7. The molecule has 3 unspecified atom stereocenters. The first-order chi connectivity index (χ1) is 9.56. The fraction of sp³-hybridized carbons (Fsp3) is 0.571. The Kier molecular flexibility index (Phi) is 4.44. The molecule has 1 aliphatic rings. The van der Waals surface area contributed by atoms with Crippen LogP contribution in [0.1, 0.15) is 30.7 Å². The lowest BCUT2D eigenvalue weighted by atomic mass is 9.79. The van der Waals surface area contributed by atoms with Gasteiger partial charge in [-0.1, -0.05) is 6.07 Å². The molecule has 3 atom stereocenters. The third-order valence-corrected chi connectivity index (χ3v) is 3.89. The van der Waals surface area contributed by atoms with E-state index in [0.717, 1.165) is 5.56 Å². The van der Waals surface area contributed by atoms with Crippen molar-refractivity contribution in [3.8, 4) is 11.5 Å². The van der Waals surface area contributed by atoms with Crippen LogP contribution in [0.5, 0.6) is 11.5 Å². The maximum absolute atomic E-state index is 11.2. The summed E-state index contributed by atoms with van der Waals surface area (Å²) < 4.78 is 10.4. The average Bonchev–Trinajstić information content (AvgIpc) is 2.46. The van der Waals surface area contributed by atoms with Crippen molar-refractivity contribution >= 4 is 0 Å². The van der Waals surface area contributed by atoms with Crippen LogP contribution in [0.15, 0.2) is 18.2 Å². The molecule has 6 nitrogen and oxygen atoms in total. The largest absolute Gasteiger partial charge is 0.493 e. The molecule has 1 aromatic rings. The summed E-state index contributed by atoms with van der Waals surface area (Å²) in [7, 11) is 3.07. The van der Waals surface area contributed by atoms with Gasteiger partial charge in [0.25, 0.3) is 0 Å². The van der Waals surface area contributed by atoms with Crippen molar-refractivity contribution < 1.29 is 19.5 Å². The molecule has 2 rings (SSSR count). The average molecular weight is 281 g/mol. The minimum atomic E-state index is -0.656. The molecule has 1 aliphatic carbocycles. The lowest BCUT2D eigenvalue weighted by Crippen LogP contribution is -2.35. The smallest absolute Gasteiger partial charge is 0.220 e. The lowest BCUT2D eigenvalue weighted by molar-refractivity contribution is -0.531. The summed E-state index contributed by atoms with van der Waals surface area (Å²) >= 11 is 0. The Hall–Kier alpha value is -1.82. The topological polar surface area (TPSA) is 81.8 Å². The van der Waals surface area contributed by atoms with Gasteiger partial charge in [-0.25, -0.2) is 0 Å². The first-order valence-electron chi connectivity index (χ1n) is 6.60. The molecule has 0 spiro atoms. The van der Waals surface area contributed by atoms with Crippen LogP contribution >= 0.6 is 0 Å². The highest BCUT2D eigenvalue weighted by atomic mass is 16.6. The lowest BCUT2D eigenvalue weighted by Gasteiger charge is -2.29. The van der Waals surface area contributed by atoms with Gasteiger partial charge in [-0.2, -0.15) is 0 Å². The molecular formula is C14H19NO5. The van der Waals surface area contributed by atoms with E-state index in [1.54, 1.807) is 25.3 Å². The van der Waals surface area contributed by atoms with Gasteiger partial charge in [0.05, 0.1) is 26.2 Å². The van der Waals surface area contributed by atoms with Gasteiger partial charge < -0.3 is 14.6 Å². The second-order valence-electron chi connectivity index (χ2n) is 5.04. The molecule has 1 N–H and O–H groups in total. The van der Waals surface area contributed by atoms with E-state index in [1.165, 1.54) is 7.11 Å². The van der Waals surface area contributed by atoms with Crippen LogP contribution in [0.2, 0.25) is 0 Å². The predicted octanol–water partition coefficient (Wildman–Crippen LogP) is 1.98. The molecule has 0 heterocycles. The van der Waals surface area contributed by atoms with Gasteiger partial charge in [-0.05, 0) is 30.5 Å². The Morgan fingerprint density at radius 1 is 1.25 bits per heavy atom. The molecule has 0 amide bonds. The number of ether oxygens (including phenoxy) is 2. The number of methoxy groups -OCH3 is 2. The molecule has 0 aliphatic heterocycles. The van der Waals surface area contributed by atoms with Crippen LogP contribution in [0, 0.1) is 10.1 Å². The van der Waals surface area contributed by atoms with Crippen molar-refractivity contribution in [3.05, 3.63) is 33.9 Å². The van der Waals surface area contributed by atoms with E-state index in [1.807, 2.05) is 0 Å². The Morgan fingerprint density at radius 2 is 1.95 bits per heavy atom. The molecule has 20 heavy (non-hydrogen) atoms. The summed E-state index contributed by atoms with van der Waals surface area (Å²) in [5.74, 6) is 0.839. The number of benzene rings is 1. The Bertz CT molecular complexity index is 490. The van der Waals surface area contributed by atoms with E-state index in [-0.39, 0.29) is 10.8 Å². The van der Waals surface area contributed by atoms with E-state index in [9.17, 15) is 15.2 Å². The molecule has 0 radical (unpaired) electrons. The summed E-state index contributed by atoms with van der Waals surface area (Å²) in [6.07, 6.45) is 0.799. The standard InChI is InChI=1S/C14H19NO5/c1-19-13-6-3-9(7-14(13)20-2)11-8-10(16)4-5-12(11)15(17)18/h3,6-7,10-12,16H,4-5,8H2,1-2H3. The number of rotatable bonds is 4. The third-order valence-electron chi connectivity index (χ3n) is 3.89. The van der Waals surface area contributed by atoms with Crippen molar-refractivity contribution in [3.63, 3.8) is 0 Å². The highest BCUT2D eigenvalue weighted by Crippen LogP contribution is 2.38. The van der Waals surface area contributed by atoms with Gasteiger partial charge >= 0.3 is 0 Å². The van der Waals surface area contributed by atoms with Gasteiger partial charge in [0.2, 0.25) is 6.04 Å². The summed E-state index contributed by atoms with van der Waals surface area (Å²) in [6.45, 7) is 0. The minimum Gasteiger partial charge on any atom is -0.493 e. The van der Waals surface area contributed by atoms with Crippen LogP contribution in [0.3, 0.4) is 0 Å². The van der Waals surface area contributed by atoms with Crippen LogP contribution in [-0.4, -0.2) is 36.4 Å². The quantitative estimate of drug-likeness (QED) is 0.674. The van der Waals surface area contributed by atoms with Crippen LogP contribution in [-0.2, 0) is 0 Å². The summed E-state index contributed by atoms with van der Waals surface area (Å²) in [5, 5.41) is 21.0. The third kappa shape index (κ3) is 2.85. The Balaban J connectivity index is 2.33. The second-order valence-corrected chi connectivity index (χ2v) is 5.04. The molecule has 1 fully saturated rings. The molecule has 6 heteroatoms. The molecule has 0 bridgehead atoms. The number of aliphatic hydroxyl groups is 1. The van der Waals surface area contributed by atoms with Gasteiger partial charge in [-0.3, -0.25) is 10.1 Å². The highest BCUT2D eigenvalue weighted by Gasteiger charge is 2.38. The first kappa shape index (κ1) is 14.6. The summed E-state index contributed by atoms with van der Waals surface area (Å²) in [6, 6.07) is 4.65. The van der Waals surface area contributed by atoms with Crippen molar-refractivity contribution in [1.29, 1.82) is 0 Å². The van der Waals surface area contributed by atoms with E-state index in [4.69, 9.17) is 9.47 Å². The fourth-order valence-electron chi connectivity index (χ4n) is 2.83. The molecule has 0 aromatic heterocycles. The first-order valence-corrected chi connectivity index (χ1v) is 6.60. The maximum atomic E-state index is 11.2. The van der Waals surface area contributed by atoms with Gasteiger partial charge in [0.1, 0.15) is 0 Å². The van der Waals surface area contributed by atoms with Gasteiger partial charge in [0, 0.05) is 11.3 Å². The monoisotopic (exact) mass is 281 g/mol. The number of hydrogen-bond acceptors (Lipinski definition) is 5. The van der Waals surface area contributed by atoms with Gasteiger partial charge in [-0.15, -0.1) is 0 Å². The summed E-state index contributed by atoms with van der Waals surface area (Å²) in [5.41, 5.74) is 0.808. The molecule has 1 saturated carbocycles. The van der Waals surface area contributed by atoms with Crippen molar-refractivity contribution in [2.45, 2.75) is 37.3 Å². The van der Waals surface area contributed by atoms with Crippen LogP contribution < -0.4 is 9.47 Å². The zero-order valence-electron chi connectivity index (χ0n) is 11.6. The molecule has 110 valence electrons. The zero-order valence-corrected chi connectivity index (χ0v) is 11.6. The molecule has 1 aromatic carbocycles.